The van der Waals surface area contributed by atoms with Crippen LogP contribution in [0.5, 0.6) is 5.75 Å². The van der Waals surface area contributed by atoms with Gasteiger partial charge in [-0.15, -0.1) is 0 Å². The number of hydrazone groups is 1. The molecular weight excluding hydrogens is 288 g/mol. The minimum Gasteiger partial charge on any atom is -0.496 e. The number of hydrogen-bond donors (Lipinski definition) is 1. The highest BCUT2D eigenvalue weighted by Gasteiger charge is 2.11. The number of sulfonamides is 1. The van der Waals surface area contributed by atoms with Crippen LogP contribution < -0.4 is 9.57 Å². The molecule has 0 aliphatic heterocycles. The van der Waals surface area contributed by atoms with Gasteiger partial charge in [-0.3, -0.25) is 0 Å². The van der Waals surface area contributed by atoms with E-state index in [1.54, 1.807) is 31.4 Å². The molecule has 2 aromatic carbocycles. The van der Waals surface area contributed by atoms with Gasteiger partial charge in [0.15, 0.2) is 0 Å². The van der Waals surface area contributed by atoms with Gasteiger partial charge in [0.2, 0.25) is 0 Å². The molecule has 21 heavy (non-hydrogen) atoms. The summed E-state index contributed by atoms with van der Waals surface area (Å²) in [6.45, 7) is 1.89. The highest BCUT2D eigenvalue weighted by molar-refractivity contribution is 7.89. The van der Waals surface area contributed by atoms with Crippen LogP contribution in [0, 0.1) is 6.92 Å². The highest BCUT2D eigenvalue weighted by Crippen LogP contribution is 2.15. The minimum atomic E-state index is -3.66. The maximum atomic E-state index is 12.0. The second-order valence-electron chi connectivity index (χ2n) is 4.41. The smallest absolute Gasteiger partial charge is 0.276 e. The molecule has 0 aliphatic carbocycles. The fourth-order valence-electron chi connectivity index (χ4n) is 1.71. The number of benzene rings is 2. The molecule has 0 saturated heterocycles. The Hall–Kier alpha value is -2.34. The third kappa shape index (κ3) is 3.82. The van der Waals surface area contributed by atoms with Gasteiger partial charge in [-0.25, -0.2) is 4.83 Å². The summed E-state index contributed by atoms with van der Waals surface area (Å²) in [4.78, 5) is 2.35. The summed E-state index contributed by atoms with van der Waals surface area (Å²) >= 11 is 0. The van der Waals surface area contributed by atoms with Gasteiger partial charge < -0.3 is 4.74 Å². The van der Waals surface area contributed by atoms with E-state index in [2.05, 4.69) is 9.93 Å². The fourth-order valence-corrected chi connectivity index (χ4v) is 2.50. The maximum Gasteiger partial charge on any atom is 0.276 e. The normalized spacial score (nSPS) is 11.5. The molecule has 2 rings (SSSR count). The van der Waals surface area contributed by atoms with Gasteiger partial charge in [0, 0.05) is 5.56 Å². The van der Waals surface area contributed by atoms with Gasteiger partial charge in [0.1, 0.15) is 5.75 Å². The molecule has 0 bridgehead atoms. The van der Waals surface area contributed by atoms with Crippen LogP contribution in [0.3, 0.4) is 0 Å². The zero-order chi connectivity index (χ0) is 15.3. The van der Waals surface area contributed by atoms with Crippen LogP contribution >= 0.6 is 0 Å². The third-order valence-corrected chi connectivity index (χ3v) is 4.09. The van der Waals surface area contributed by atoms with E-state index in [1.165, 1.54) is 18.3 Å². The first-order valence-corrected chi connectivity index (χ1v) is 7.76. The van der Waals surface area contributed by atoms with Crippen molar-refractivity contribution in [2.45, 2.75) is 11.8 Å². The number of nitrogens with zero attached hydrogens (tertiary/aromatic N) is 1. The van der Waals surface area contributed by atoms with Gasteiger partial charge in [0.05, 0.1) is 18.2 Å². The van der Waals surface area contributed by atoms with Gasteiger partial charge >= 0.3 is 0 Å². The second kappa shape index (κ2) is 6.41. The highest BCUT2D eigenvalue weighted by atomic mass is 32.2. The van der Waals surface area contributed by atoms with Gasteiger partial charge in [-0.2, -0.15) is 13.5 Å². The number of aryl methyl sites for hydroxylation is 1. The lowest BCUT2D eigenvalue weighted by atomic mass is 10.2. The SMILES string of the molecule is COc1ccccc1/C=N/NS(=O)(=O)c1ccc(C)cc1. The van der Waals surface area contributed by atoms with E-state index in [0.717, 1.165) is 5.56 Å². The summed E-state index contributed by atoms with van der Waals surface area (Å²) in [5.41, 5.74) is 1.68. The first-order valence-electron chi connectivity index (χ1n) is 6.27. The van der Waals surface area contributed by atoms with E-state index in [0.29, 0.717) is 11.3 Å². The fraction of sp³-hybridized carbons (Fsp3) is 0.133. The maximum absolute atomic E-state index is 12.0. The first-order chi connectivity index (χ1) is 10.0. The molecule has 5 nitrogen and oxygen atoms in total. The molecule has 0 amide bonds. The Labute approximate surface area is 124 Å². The Balaban J connectivity index is 2.14. The molecular formula is C15H16N2O3S. The Kier molecular flexibility index (Phi) is 4.59. The van der Waals surface area contributed by atoms with E-state index >= 15 is 0 Å². The van der Waals surface area contributed by atoms with Crippen molar-refractivity contribution >= 4 is 16.2 Å². The number of nitrogens with one attached hydrogen (secondary N) is 1. The standard InChI is InChI=1S/C15H16N2O3S/c1-12-7-9-14(10-8-12)21(18,19)17-16-11-13-5-3-4-6-15(13)20-2/h3-11,17H,1-2H3/b16-11+. The molecule has 0 radical (unpaired) electrons. The molecule has 6 heteroatoms. The van der Waals surface area contributed by atoms with Crippen molar-refractivity contribution in [1.82, 2.24) is 4.83 Å². The third-order valence-electron chi connectivity index (χ3n) is 2.85. The second-order valence-corrected chi connectivity index (χ2v) is 6.07. The predicted molar refractivity (Wildman–Crippen MR) is 82.1 cm³/mol. The lowest BCUT2D eigenvalue weighted by Crippen LogP contribution is -2.18. The van der Waals surface area contributed by atoms with Crippen molar-refractivity contribution in [2.75, 3.05) is 7.11 Å². The molecule has 110 valence electrons. The monoisotopic (exact) mass is 304 g/mol. The zero-order valence-corrected chi connectivity index (χ0v) is 12.6. The van der Waals surface area contributed by atoms with Crippen LogP contribution in [-0.4, -0.2) is 21.7 Å². The van der Waals surface area contributed by atoms with Crippen LogP contribution in [0.15, 0.2) is 58.5 Å². The molecule has 0 saturated carbocycles. The summed E-state index contributed by atoms with van der Waals surface area (Å²) < 4.78 is 29.2. The van der Waals surface area contributed by atoms with E-state index < -0.39 is 10.0 Å². The number of para-hydroxylation sites is 1. The molecule has 2 aromatic rings. The lowest BCUT2D eigenvalue weighted by molar-refractivity contribution is 0.414. The van der Waals surface area contributed by atoms with E-state index in [1.807, 2.05) is 19.1 Å². The van der Waals surface area contributed by atoms with Crippen molar-refractivity contribution in [3.8, 4) is 5.75 Å². The molecule has 0 fully saturated rings. The quantitative estimate of drug-likeness (QED) is 0.681. The number of hydrogen-bond acceptors (Lipinski definition) is 4. The zero-order valence-electron chi connectivity index (χ0n) is 11.8. The van der Waals surface area contributed by atoms with Crippen LogP contribution in [-0.2, 0) is 10.0 Å². The van der Waals surface area contributed by atoms with Crippen LogP contribution in [0.1, 0.15) is 11.1 Å². The first kappa shape index (κ1) is 15.1. The van der Waals surface area contributed by atoms with Gasteiger partial charge in [0.25, 0.3) is 10.0 Å². The average molecular weight is 304 g/mol. The number of ether oxygens (including phenoxy) is 1. The Morgan fingerprint density at radius 3 is 2.43 bits per heavy atom. The van der Waals surface area contributed by atoms with Crippen molar-refractivity contribution in [1.29, 1.82) is 0 Å². The lowest BCUT2D eigenvalue weighted by Gasteiger charge is -2.05. The number of methoxy groups -OCH3 is 1. The summed E-state index contributed by atoms with van der Waals surface area (Å²) in [6, 6.07) is 13.7. The molecule has 1 N–H and O–H groups in total. The van der Waals surface area contributed by atoms with E-state index in [9.17, 15) is 8.42 Å². The van der Waals surface area contributed by atoms with Crippen LogP contribution in [0.2, 0.25) is 0 Å². The van der Waals surface area contributed by atoms with Crippen LogP contribution in [0.4, 0.5) is 0 Å². The summed E-state index contributed by atoms with van der Waals surface area (Å²) in [5.74, 6) is 0.621. The topological polar surface area (TPSA) is 67.8 Å². The van der Waals surface area contributed by atoms with Crippen molar-refractivity contribution in [3.63, 3.8) is 0 Å². The van der Waals surface area contributed by atoms with Gasteiger partial charge in [-0.05, 0) is 31.2 Å². The molecule has 0 unspecified atom stereocenters. The van der Waals surface area contributed by atoms with E-state index in [-0.39, 0.29) is 4.90 Å². The summed E-state index contributed by atoms with van der Waals surface area (Å²) in [6.07, 6.45) is 1.41. The molecule has 0 heterocycles. The number of rotatable bonds is 5. The Morgan fingerprint density at radius 2 is 1.76 bits per heavy atom. The van der Waals surface area contributed by atoms with Crippen molar-refractivity contribution < 1.29 is 13.2 Å². The molecule has 0 aliphatic rings. The summed E-state index contributed by atoms with van der Waals surface area (Å²) in [5, 5.41) is 3.78. The van der Waals surface area contributed by atoms with Crippen molar-refractivity contribution in [2.24, 2.45) is 5.10 Å². The minimum absolute atomic E-state index is 0.172. The summed E-state index contributed by atoms with van der Waals surface area (Å²) in [7, 11) is -2.11. The molecule has 0 atom stereocenters. The largest absolute Gasteiger partial charge is 0.496 e. The van der Waals surface area contributed by atoms with Gasteiger partial charge in [-0.1, -0.05) is 29.8 Å². The Bertz CT molecular complexity index is 738. The van der Waals surface area contributed by atoms with E-state index in [4.69, 9.17) is 4.74 Å². The molecule has 0 aromatic heterocycles. The van der Waals surface area contributed by atoms with Crippen molar-refractivity contribution in [3.05, 3.63) is 59.7 Å². The van der Waals surface area contributed by atoms with Crippen LogP contribution in [0.25, 0.3) is 0 Å². The predicted octanol–water partition coefficient (Wildman–Crippen LogP) is 2.32. The molecule has 0 spiro atoms. The average Bonchev–Trinajstić information content (AvgIpc) is 2.48. The Morgan fingerprint density at radius 1 is 1.10 bits per heavy atom.